The predicted molar refractivity (Wildman–Crippen MR) is 105 cm³/mol. The number of benzene rings is 1. The monoisotopic (exact) mass is 348 g/mol. The number of aromatic nitrogens is 2. The van der Waals surface area contributed by atoms with Crippen LogP contribution in [0.1, 0.15) is 42.4 Å². The van der Waals surface area contributed by atoms with E-state index in [4.69, 9.17) is 0 Å². The second kappa shape index (κ2) is 7.20. The highest BCUT2D eigenvalue weighted by molar-refractivity contribution is 6.04. The molecule has 0 radical (unpaired) electrons. The smallest absolute Gasteiger partial charge is 0.274 e. The summed E-state index contributed by atoms with van der Waals surface area (Å²) in [5.74, 6) is -0.119. The quantitative estimate of drug-likeness (QED) is 0.771. The molecule has 26 heavy (non-hydrogen) atoms. The van der Waals surface area contributed by atoms with Gasteiger partial charge >= 0.3 is 0 Å². The fourth-order valence-electron chi connectivity index (χ4n) is 3.63. The van der Waals surface area contributed by atoms with Gasteiger partial charge in [0.25, 0.3) is 5.91 Å². The number of nitrogens with one attached hydrogen (secondary N) is 1. The molecule has 0 atom stereocenters. The zero-order valence-electron chi connectivity index (χ0n) is 15.1. The van der Waals surface area contributed by atoms with Crippen molar-refractivity contribution in [3.8, 4) is 0 Å². The number of carbonyl (C=O) groups is 1. The van der Waals surface area contributed by atoms with Crippen molar-refractivity contribution in [2.24, 2.45) is 0 Å². The molecule has 1 aliphatic heterocycles. The molecular weight excluding hydrogens is 324 g/mol. The lowest BCUT2D eigenvalue weighted by molar-refractivity contribution is 0.102. The molecule has 1 aromatic carbocycles. The van der Waals surface area contributed by atoms with Crippen LogP contribution in [0, 0.1) is 0 Å². The Labute approximate surface area is 153 Å². The molecule has 134 valence electrons. The molecule has 1 fully saturated rings. The predicted octanol–water partition coefficient (Wildman–Crippen LogP) is 4.14. The Bertz CT molecular complexity index is 907. The Morgan fingerprint density at radius 3 is 2.58 bits per heavy atom. The van der Waals surface area contributed by atoms with E-state index in [1.54, 1.807) is 0 Å². The molecule has 5 heteroatoms. The van der Waals surface area contributed by atoms with Gasteiger partial charge in [0.1, 0.15) is 11.3 Å². The van der Waals surface area contributed by atoms with Crippen LogP contribution in [0.4, 0.5) is 11.4 Å². The summed E-state index contributed by atoms with van der Waals surface area (Å²) < 4.78 is 1.86. The lowest BCUT2D eigenvalue weighted by Gasteiger charge is -2.28. The van der Waals surface area contributed by atoms with E-state index in [0.29, 0.717) is 5.69 Å². The van der Waals surface area contributed by atoms with Crippen LogP contribution in [0.15, 0.2) is 48.7 Å². The number of pyridine rings is 1. The maximum atomic E-state index is 12.9. The Morgan fingerprint density at radius 1 is 1.08 bits per heavy atom. The van der Waals surface area contributed by atoms with Crippen LogP contribution in [-0.2, 0) is 6.42 Å². The minimum atomic E-state index is -0.119. The summed E-state index contributed by atoms with van der Waals surface area (Å²) in [7, 11) is 0. The third-order valence-electron chi connectivity index (χ3n) is 5.00. The number of rotatable bonds is 4. The molecule has 1 N–H and O–H groups in total. The Hall–Kier alpha value is -2.82. The van der Waals surface area contributed by atoms with Gasteiger partial charge in [0.2, 0.25) is 0 Å². The maximum Gasteiger partial charge on any atom is 0.274 e. The van der Waals surface area contributed by atoms with Gasteiger partial charge in [-0.15, -0.1) is 0 Å². The molecule has 3 aromatic rings. The number of hydrogen-bond donors (Lipinski definition) is 1. The second-order valence-corrected chi connectivity index (χ2v) is 6.74. The minimum absolute atomic E-state index is 0.119. The average Bonchev–Trinajstić information content (AvgIpc) is 3.08. The van der Waals surface area contributed by atoms with Gasteiger partial charge in [-0.05, 0) is 62.1 Å². The first-order valence-electron chi connectivity index (χ1n) is 9.38. The van der Waals surface area contributed by atoms with E-state index in [1.165, 1.54) is 24.9 Å². The SMILES string of the molecule is CCc1nc2ccccn2c1C(=O)Nc1ccc(N2CCCCC2)cc1. The zero-order chi connectivity index (χ0) is 17.9. The number of aryl methyl sites for hydroxylation is 1. The molecular formula is C21H24N4O. The van der Waals surface area contributed by atoms with E-state index in [1.807, 2.05) is 47.9 Å². The lowest BCUT2D eigenvalue weighted by Crippen LogP contribution is -2.29. The standard InChI is InChI=1S/C21H24N4O/c1-2-18-20(25-15-7-4-8-19(25)23-18)21(26)22-16-9-11-17(12-10-16)24-13-5-3-6-14-24/h4,7-12,15H,2-3,5-6,13-14H2,1H3,(H,22,26). The van der Waals surface area contributed by atoms with Gasteiger partial charge in [-0.25, -0.2) is 4.98 Å². The summed E-state index contributed by atoms with van der Waals surface area (Å²) in [5.41, 5.74) is 4.27. The molecule has 5 nitrogen and oxygen atoms in total. The first-order valence-corrected chi connectivity index (χ1v) is 9.38. The van der Waals surface area contributed by atoms with Crippen LogP contribution in [0.2, 0.25) is 0 Å². The van der Waals surface area contributed by atoms with Gasteiger partial charge < -0.3 is 10.2 Å². The molecule has 2 aromatic heterocycles. The highest BCUT2D eigenvalue weighted by Crippen LogP contribution is 2.22. The van der Waals surface area contributed by atoms with Crippen molar-refractivity contribution < 1.29 is 4.79 Å². The molecule has 0 bridgehead atoms. The van der Waals surface area contributed by atoms with E-state index >= 15 is 0 Å². The van der Waals surface area contributed by atoms with Crippen molar-refractivity contribution >= 4 is 22.9 Å². The number of amides is 1. The third-order valence-corrected chi connectivity index (χ3v) is 5.00. The molecule has 0 saturated carbocycles. The van der Waals surface area contributed by atoms with Gasteiger partial charge in [0, 0.05) is 30.7 Å². The van der Waals surface area contributed by atoms with Gasteiger partial charge in [0.05, 0.1) is 5.69 Å². The van der Waals surface area contributed by atoms with Crippen LogP contribution in [0.25, 0.3) is 5.65 Å². The van der Waals surface area contributed by atoms with E-state index < -0.39 is 0 Å². The molecule has 1 aliphatic rings. The van der Waals surface area contributed by atoms with Gasteiger partial charge in [-0.1, -0.05) is 13.0 Å². The highest BCUT2D eigenvalue weighted by Gasteiger charge is 2.18. The van der Waals surface area contributed by atoms with E-state index in [-0.39, 0.29) is 5.91 Å². The lowest BCUT2D eigenvalue weighted by atomic mass is 10.1. The van der Waals surface area contributed by atoms with Crippen molar-refractivity contribution in [2.75, 3.05) is 23.3 Å². The minimum Gasteiger partial charge on any atom is -0.372 e. The first kappa shape index (κ1) is 16.6. The van der Waals surface area contributed by atoms with Crippen LogP contribution in [-0.4, -0.2) is 28.4 Å². The summed E-state index contributed by atoms with van der Waals surface area (Å²) in [6.07, 6.45) is 6.44. The summed E-state index contributed by atoms with van der Waals surface area (Å²) in [6.45, 7) is 4.26. The van der Waals surface area contributed by atoms with Crippen LogP contribution < -0.4 is 10.2 Å². The molecule has 0 aliphatic carbocycles. The van der Waals surface area contributed by atoms with Crippen molar-refractivity contribution in [1.82, 2.24) is 9.38 Å². The average molecular weight is 348 g/mol. The molecule has 4 rings (SSSR count). The number of nitrogens with zero attached hydrogens (tertiary/aromatic N) is 3. The Balaban J connectivity index is 1.55. The first-order chi connectivity index (χ1) is 12.8. The van der Waals surface area contributed by atoms with E-state index in [9.17, 15) is 4.79 Å². The van der Waals surface area contributed by atoms with Crippen molar-refractivity contribution in [2.45, 2.75) is 32.6 Å². The molecule has 0 unspecified atom stereocenters. The normalized spacial score (nSPS) is 14.6. The van der Waals surface area contributed by atoms with Crippen LogP contribution in [0.5, 0.6) is 0 Å². The number of imidazole rings is 1. The molecule has 3 heterocycles. The number of anilines is 2. The Kier molecular flexibility index (Phi) is 4.61. The fourth-order valence-corrected chi connectivity index (χ4v) is 3.63. The second-order valence-electron chi connectivity index (χ2n) is 6.74. The molecule has 1 saturated heterocycles. The van der Waals surface area contributed by atoms with Crippen LogP contribution >= 0.6 is 0 Å². The molecule has 0 spiro atoms. The van der Waals surface area contributed by atoms with E-state index in [0.717, 1.165) is 36.5 Å². The number of fused-ring (bicyclic) bond motifs is 1. The summed E-state index contributed by atoms with van der Waals surface area (Å²) in [4.78, 5) is 19.8. The van der Waals surface area contributed by atoms with Gasteiger partial charge in [-0.2, -0.15) is 0 Å². The van der Waals surface area contributed by atoms with E-state index in [2.05, 4.69) is 27.3 Å². The zero-order valence-corrected chi connectivity index (χ0v) is 15.1. The summed E-state index contributed by atoms with van der Waals surface area (Å²) in [6, 6.07) is 13.9. The van der Waals surface area contributed by atoms with Gasteiger partial charge in [-0.3, -0.25) is 9.20 Å². The summed E-state index contributed by atoms with van der Waals surface area (Å²) >= 11 is 0. The van der Waals surface area contributed by atoms with Crippen molar-refractivity contribution in [3.05, 3.63) is 60.0 Å². The topological polar surface area (TPSA) is 49.6 Å². The van der Waals surface area contributed by atoms with Crippen LogP contribution in [0.3, 0.4) is 0 Å². The molecule has 1 amide bonds. The third kappa shape index (κ3) is 3.17. The largest absolute Gasteiger partial charge is 0.372 e. The summed E-state index contributed by atoms with van der Waals surface area (Å²) in [5, 5.41) is 3.02. The maximum absolute atomic E-state index is 12.9. The fraction of sp³-hybridized carbons (Fsp3) is 0.333. The van der Waals surface area contributed by atoms with Crippen molar-refractivity contribution in [1.29, 1.82) is 0 Å². The number of hydrogen-bond acceptors (Lipinski definition) is 3. The number of carbonyl (C=O) groups excluding carboxylic acids is 1. The Morgan fingerprint density at radius 2 is 1.85 bits per heavy atom. The van der Waals surface area contributed by atoms with Crippen molar-refractivity contribution in [3.63, 3.8) is 0 Å². The highest BCUT2D eigenvalue weighted by atomic mass is 16.2. The van der Waals surface area contributed by atoms with Gasteiger partial charge in [0.15, 0.2) is 0 Å². The number of piperidine rings is 1.